The van der Waals surface area contributed by atoms with Crippen molar-refractivity contribution in [1.29, 1.82) is 0 Å². The number of nitrogens with one attached hydrogen (secondary N) is 1. The fourth-order valence-electron chi connectivity index (χ4n) is 3.78. The monoisotopic (exact) mass is 330 g/mol. The lowest BCUT2D eigenvalue weighted by Gasteiger charge is -2.30. The van der Waals surface area contributed by atoms with Gasteiger partial charge in [-0.25, -0.2) is 0 Å². The summed E-state index contributed by atoms with van der Waals surface area (Å²) in [5.74, 6) is -0.112. The summed E-state index contributed by atoms with van der Waals surface area (Å²) < 4.78 is 0. The fourth-order valence-corrected chi connectivity index (χ4v) is 3.78. The molecule has 0 saturated heterocycles. The van der Waals surface area contributed by atoms with Crippen LogP contribution in [0.25, 0.3) is 0 Å². The van der Waals surface area contributed by atoms with Gasteiger partial charge in [-0.2, -0.15) is 0 Å². The summed E-state index contributed by atoms with van der Waals surface area (Å²) in [4.78, 5) is 26.4. The van der Waals surface area contributed by atoms with Gasteiger partial charge in [0.25, 0.3) is 0 Å². The molecule has 1 aromatic carbocycles. The highest BCUT2D eigenvalue weighted by Crippen LogP contribution is 2.24. The van der Waals surface area contributed by atoms with E-state index in [1.165, 1.54) is 18.4 Å². The second-order valence-corrected chi connectivity index (χ2v) is 7.11. The lowest BCUT2D eigenvalue weighted by Crippen LogP contribution is -2.43. The van der Waals surface area contributed by atoms with E-state index in [4.69, 9.17) is 0 Å². The largest absolute Gasteiger partial charge is 0.331 e. The third kappa shape index (κ3) is 4.83. The SMILES string of the molecule is CC(=O)N(CC(=O)Nc1c(C)cc(C)cc1C)C1CCCCCC1. The third-order valence-electron chi connectivity index (χ3n) is 4.93. The van der Waals surface area contributed by atoms with E-state index in [-0.39, 0.29) is 24.4 Å². The lowest BCUT2D eigenvalue weighted by atomic mass is 10.0. The minimum Gasteiger partial charge on any atom is -0.331 e. The van der Waals surface area contributed by atoms with Crippen molar-refractivity contribution in [3.63, 3.8) is 0 Å². The molecular weight excluding hydrogens is 300 g/mol. The Labute approximate surface area is 145 Å². The smallest absolute Gasteiger partial charge is 0.244 e. The van der Waals surface area contributed by atoms with Gasteiger partial charge in [0.1, 0.15) is 6.54 Å². The molecule has 2 amide bonds. The normalized spacial score (nSPS) is 15.7. The van der Waals surface area contributed by atoms with Crippen LogP contribution in [0.2, 0.25) is 0 Å². The van der Waals surface area contributed by atoms with Gasteiger partial charge >= 0.3 is 0 Å². The molecule has 1 aliphatic rings. The average molecular weight is 330 g/mol. The van der Waals surface area contributed by atoms with Gasteiger partial charge in [0, 0.05) is 18.7 Å². The first-order valence-electron chi connectivity index (χ1n) is 9.03. The molecule has 0 unspecified atom stereocenters. The van der Waals surface area contributed by atoms with Crippen LogP contribution in [0.15, 0.2) is 12.1 Å². The minimum absolute atomic E-state index is 0.00519. The summed E-state index contributed by atoms with van der Waals surface area (Å²) in [7, 11) is 0. The van der Waals surface area contributed by atoms with E-state index in [0.29, 0.717) is 0 Å². The summed E-state index contributed by atoms with van der Waals surface area (Å²) in [6.45, 7) is 7.77. The van der Waals surface area contributed by atoms with Gasteiger partial charge in [0.15, 0.2) is 0 Å². The Kier molecular flexibility index (Phi) is 6.41. The minimum atomic E-state index is -0.107. The highest BCUT2D eigenvalue weighted by Gasteiger charge is 2.24. The number of benzene rings is 1. The van der Waals surface area contributed by atoms with Crippen LogP contribution in [0.3, 0.4) is 0 Å². The van der Waals surface area contributed by atoms with Crippen LogP contribution in [0.1, 0.15) is 62.1 Å². The number of nitrogens with zero attached hydrogens (tertiary/aromatic N) is 1. The first-order chi connectivity index (χ1) is 11.4. The molecule has 4 heteroatoms. The summed E-state index contributed by atoms with van der Waals surface area (Å²) in [5.41, 5.74) is 4.18. The van der Waals surface area contributed by atoms with Gasteiger partial charge in [-0.1, -0.05) is 43.4 Å². The van der Waals surface area contributed by atoms with E-state index < -0.39 is 0 Å². The number of hydrogen-bond acceptors (Lipinski definition) is 2. The van der Waals surface area contributed by atoms with Crippen LogP contribution in [-0.2, 0) is 9.59 Å². The molecule has 0 radical (unpaired) electrons. The zero-order valence-electron chi connectivity index (χ0n) is 15.4. The summed E-state index contributed by atoms with van der Waals surface area (Å²) in [5, 5.41) is 3.01. The number of carbonyl (C=O) groups is 2. The van der Waals surface area contributed by atoms with Gasteiger partial charge in [0.2, 0.25) is 11.8 Å². The van der Waals surface area contributed by atoms with Crippen molar-refractivity contribution in [2.45, 2.75) is 72.3 Å². The summed E-state index contributed by atoms with van der Waals surface area (Å²) in [6, 6.07) is 4.34. The standard InChI is InChI=1S/C20H30N2O2/c1-14-11-15(2)20(16(3)12-14)21-19(24)13-22(17(4)23)18-9-7-5-6-8-10-18/h11-12,18H,5-10,13H2,1-4H3,(H,21,24). The van der Waals surface area contributed by atoms with Crippen molar-refractivity contribution >= 4 is 17.5 Å². The summed E-state index contributed by atoms with van der Waals surface area (Å²) >= 11 is 0. The number of carbonyl (C=O) groups excluding carboxylic acids is 2. The molecule has 0 atom stereocenters. The molecule has 0 aliphatic heterocycles. The second kappa shape index (κ2) is 8.32. The van der Waals surface area contributed by atoms with E-state index in [9.17, 15) is 9.59 Å². The third-order valence-corrected chi connectivity index (χ3v) is 4.93. The van der Waals surface area contributed by atoms with Gasteiger partial charge in [0.05, 0.1) is 0 Å². The molecule has 0 spiro atoms. The van der Waals surface area contributed by atoms with Crippen molar-refractivity contribution in [2.24, 2.45) is 0 Å². The summed E-state index contributed by atoms with van der Waals surface area (Å²) in [6.07, 6.45) is 6.77. The zero-order chi connectivity index (χ0) is 17.7. The van der Waals surface area contributed by atoms with Crippen LogP contribution in [-0.4, -0.2) is 29.3 Å². The van der Waals surface area contributed by atoms with E-state index >= 15 is 0 Å². The Morgan fingerprint density at radius 3 is 2.08 bits per heavy atom. The quantitative estimate of drug-likeness (QED) is 0.844. The van der Waals surface area contributed by atoms with Crippen LogP contribution >= 0.6 is 0 Å². The van der Waals surface area contributed by atoms with Crippen molar-refractivity contribution in [1.82, 2.24) is 4.90 Å². The Morgan fingerprint density at radius 2 is 1.58 bits per heavy atom. The molecule has 1 fully saturated rings. The van der Waals surface area contributed by atoms with Crippen molar-refractivity contribution in [2.75, 3.05) is 11.9 Å². The van der Waals surface area contributed by atoms with Gasteiger partial charge in [-0.3, -0.25) is 9.59 Å². The number of hydrogen-bond donors (Lipinski definition) is 1. The van der Waals surface area contributed by atoms with Gasteiger partial charge < -0.3 is 10.2 Å². The Balaban J connectivity index is 2.07. The molecule has 1 aliphatic carbocycles. The molecule has 2 rings (SSSR count). The average Bonchev–Trinajstić information content (AvgIpc) is 2.77. The molecule has 4 nitrogen and oxygen atoms in total. The predicted octanol–water partition coefficient (Wildman–Crippen LogP) is 4.12. The van der Waals surface area contributed by atoms with Crippen LogP contribution in [0.4, 0.5) is 5.69 Å². The first-order valence-corrected chi connectivity index (χ1v) is 9.03. The van der Waals surface area contributed by atoms with Gasteiger partial charge in [-0.15, -0.1) is 0 Å². The number of amides is 2. The Hall–Kier alpha value is -1.84. The molecular formula is C20H30N2O2. The van der Waals surface area contributed by atoms with Crippen molar-refractivity contribution in [3.8, 4) is 0 Å². The second-order valence-electron chi connectivity index (χ2n) is 7.11. The van der Waals surface area contributed by atoms with Crippen LogP contribution in [0.5, 0.6) is 0 Å². The molecule has 0 bridgehead atoms. The first kappa shape index (κ1) is 18.5. The van der Waals surface area contributed by atoms with E-state index in [2.05, 4.69) is 24.4 Å². The molecule has 0 heterocycles. The Bertz CT molecular complexity index is 579. The predicted molar refractivity (Wildman–Crippen MR) is 98.2 cm³/mol. The zero-order valence-corrected chi connectivity index (χ0v) is 15.4. The van der Waals surface area contributed by atoms with Crippen LogP contribution in [0, 0.1) is 20.8 Å². The Morgan fingerprint density at radius 1 is 1.04 bits per heavy atom. The van der Waals surface area contributed by atoms with E-state index in [1.54, 1.807) is 11.8 Å². The highest BCUT2D eigenvalue weighted by molar-refractivity contribution is 5.95. The lowest BCUT2D eigenvalue weighted by molar-refractivity contribution is -0.135. The molecule has 1 aromatic rings. The van der Waals surface area contributed by atoms with Gasteiger partial charge in [-0.05, 0) is 44.7 Å². The topological polar surface area (TPSA) is 49.4 Å². The maximum absolute atomic E-state index is 12.5. The maximum atomic E-state index is 12.5. The number of anilines is 1. The highest BCUT2D eigenvalue weighted by atomic mass is 16.2. The van der Waals surface area contributed by atoms with Crippen molar-refractivity contribution < 1.29 is 9.59 Å². The van der Waals surface area contributed by atoms with E-state index in [0.717, 1.165) is 42.5 Å². The van der Waals surface area contributed by atoms with Crippen LogP contribution < -0.4 is 5.32 Å². The maximum Gasteiger partial charge on any atom is 0.244 e. The molecule has 1 saturated carbocycles. The molecule has 24 heavy (non-hydrogen) atoms. The molecule has 0 aromatic heterocycles. The van der Waals surface area contributed by atoms with E-state index in [1.807, 2.05) is 13.8 Å². The van der Waals surface area contributed by atoms with Crippen molar-refractivity contribution in [3.05, 3.63) is 28.8 Å². The number of rotatable bonds is 4. The number of aryl methyl sites for hydroxylation is 3. The molecule has 1 N–H and O–H groups in total. The molecule has 132 valence electrons. The fraction of sp³-hybridized carbons (Fsp3) is 0.600.